The second-order valence-corrected chi connectivity index (χ2v) is 11.6. The lowest BCUT2D eigenvalue weighted by molar-refractivity contribution is -0.139. The second kappa shape index (κ2) is 12.2. The van der Waals surface area contributed by atoms with E-state index in [-0.39, 0.29) is 34.2 Å². The van der Waals surface area contributed by atoms with Crippen LogP contribution in [0.15, 0.2) is 46.9 Å². The minimum atomic E-state index is -3.90. The summed E-state index contributed by atoms with van der Waals surface area (Å²) in [5, 5.41) is 3.06. The van der Waals surface area contributed by atoms with Crippen LogP contribution in [0, 0.1) is 0 Å². The van der Waals surface area contributed by atoms with Crippen LogP contribution >= 0.6 is 39.1 Å². The van der Waals surface area contributed by atoms with Gasteiger partial charge in [0.2, 0.25) is 21.8 Å². The molecular weight excluding hydrogens is 565 g/mol. The average molecular weight is 593 g/mol. The van der Waals surface area contributed by atoms with E-state index in [1.807, 2.05) is 38.1 Å². The van der Waals surface area contributed by atoms with E-state index in [4.69, 9.17) is 23.2 Å². The summed E-state index contributed by atoms with van der Waals surface area (Å²) in [5.41, 5.74) is 0.872. The lowest BCUT2D eigenvalue weighted by Gasteiger charge is -2.32. The standard InChI is InChI=1S/C23H28BrCl2N3O4S/c1-5-15(2)27-23(31)16(3)28(13-17-9-11-18(24)12-10-17)21(30)14-29(34(4,32)33)20-8-6-7-19(25)22(20)26/h6-12,15-16H,5,13-14H2,1-4H3,(H,27,31)/t15-,16-/m0/s1. The molecule has 0 aliphatic carbocycles. The van der Waals surface area contributed by atoms with E-state index in [1.54, 1.807) is 13.0 Å². The molecule has 0 aromatic heterocycles. The van der Waals surface area contributed by atoms with Crippen molar-refractivity contribution >= 4 is 66.7 Å². The summed E-state index contributed by atoms with van der Waals surface area (Å²) < 4.78 is 27.0. The SMILES string of the molecule is CC[C@H](C)NC(=O)[C@H](C)N(Cc1ccc(Br)cc1)C(=O)CN(c1cccc(Cl)c1Cl)S(C)(=O)=O. The minimum absolute atomic E-state index is 0.0180. The number of hydrogen-bond donors (Lipinski definition) is 1. The molecule has 0 saturated heterocycles. The number of hydrogen-bond acceptors (Lipinski definition) is 4. The van der Waals surface area contributed by atoms with Crippen LogP contribution in [-0.2, 0) is 26.2 Å². The highest BCUT2D eigenvalue weighted by atomic mass is 79.9. The lowest BCUT2D eigenvalue weighted by atomic mass is 10.1. The maximum absolute atomic E-state index is 13.5. The van der Waals surface area contributed by atoms with Gasteiger partial charge >= 0.3 is 0 Å². The molecule has 2 atom stereocenters. The molecule has 0 unspecified atom stereocenters. The van der Waals surface area contributed by atoms with Crippen molar-refractivity contribution in [3.05, 3.63) is 62.5 Å². The lowest BCUT2D eigenvalue weighted by Crippen LogP contribution is -2.52. The first kappa shape index (κ1) is 28.4. The number of carbonyl (C=O) groups is 2. The molecule has 34 heavy (non-hydrogen) atoms. The fraction of sp³-hybridized carbons (Fsp3) is 0.391. The number of halogens is 3. The zero-order chi connectivity index (χ0) is 25.6. The molecule has 0 bridgehead atoms. The number of rotatable bonds is 10. The molecule has 11 heteroatoms. The molecule has 0 heterocycles. The predicted octanol–water partition coefficient (Wildman–Crippen LogP) is 4.85. The third-order valence-electron chi connectivity index (χ3n) is 5.31. The summed E-state index contributed by atoms with van der Waals surface area (Å²) in [6, 6.07) is 10.9. The first-order valence-corrected chi connectivity index (χ1v) is 14.0. The van der Waals surface area contributed by atoms with Gasteiger partial charge in [-0.2, -0.15) is 0 Å². The molecule has 0 spiro atoms. The Morgan fingerprint density at radius 2 is 1.71 bits per heavy atom. The summed E-state index contributed by atoms with van der Waals surface area (Å²) in [6.07, 6.45) is 1.71. The summed E-state index contributed by atoms with van der Waals surface area (Å²) >= 11 is 15.7. The fourth-order valence-electron chi connectivity index (χ4n) is 3.11. The molecule has 0 aliphatic heterocycles. The van der Waals surface area contributed by atoms with Crippen LogP contribution in [0.25, 0.3) is 0 Å². The zero-order valence-corrected chi connectivity index (χ0v) is 23.3. The zero-order valence-electron chi connectivity index (χ0n) is 19.4. The quantitative estimate of drug-likeness (QED) is 0.427. The van der Waals surface area contributed by atoms with Gasteiger partial charge in [0.05, 0.1) is 22.0 Å². The molecule has 2 rings (SSSR count). The molecule has 7 nitrogen and oxygen atoms in total. The average Bonchev–Trinajstić information content (AvgIpc) is 2.77. The first-order valence-electron chi connectivity index (χ1n) is 10.6. The Morgan fingerprint density at radius 1 is 1.09 bits per heavy atom. The van der Waals surface area contributed by atoms with E-state index in [0.717, 1.165) is 27.0 Å². The number of carbonyl (C=O) groups excluding carboxylic acids is 2. The van der Waals surface area contributed by atoms with Crippen molar-refractivity contribution in [3.8, 4) is 0 Å². The van der Waals surface area contributed by atoms with Crippen molar-refractivity contribution < 1.29 is 18.0 Å². The maximum atomic E-state index is 13.5. The minimum Gasteiger partial charge on any atom is -0.352 e. The van der Waals surface area contributed by atoms with E-state index in [1.165, 1.54) is 17.0 Å². The van der Waals surface area contributed by atoms with Crippen LogP contribution < -0.4 is 9.62 Å². The van der Waals surface area contributed by atoms with Gasteiger partial charge in [-0.25, -0.2) is 8.42 Å². The molecule has 2 aromatic rings. The van der Waals surface area contributed by atoms with Crippen molar-refractivity contribution in [2.45, 2.75) is 45.8 Å². The molecule has 2 aromatic carbocycles. The summed E-state index contributed by atoms with van der Waals surface area (Å²) in [5.74, 6) is -0.886. The highest BCUT2D eigenvalue weighted by Crippen LogP contribution is 2.33. The molecule has 0 saturated carbocycles. The molecular formula is C23H28BrCl2N3O4S. The van der Waals surface area contributed by atoms with Gasteiger partial charge in [-0.1, -0.05) is 64.3 Å². The van der Waals surface area contributed by atoms with Gasteiger partial charge < -0.3 is 10.2 Å². The van der Waals surface area contributed by atoms with Crippen molar-refractivity contribution in [3.63, 3.8) is 0 Å². The highest BCUT2D eigenvalue weighted by Gasteiger charge is 2.31. The van der Waals surface area contributed by atoms with Gasteiger partial charge in [0.25, 0.3) is 0 Å². The normalized spacial score (nSPS) is 13.1. The van der Waals surface area contributed by atoms with Crippen molar-refractivity contribution in [2.24, 2.45) is 0 Å². The summed E-state index contributed by atoms with van der Waals surface area (Å²) in [4.78, 5) is 27.7. The number of benzene rings is 2. The molecule has 186 valence electrons. The van der Waals surface area contributed by atoms with Gasteiger partial charge in [-0.15, -0.1) is 0 Å². The number of nitrogens with one attached hydrogen (secondary N) is 1. The predicted molar refractivity (Wildman–Crippen MR) is 141 cm³/mol. The number of anilines is 1. The third kappa shape index (κ3) is 7.60. The van der Waals surface area contributed by atoms with Crippen LogP contribution in [0.5, 0.6) is 0 Å². The van der Waals surface area contributed by atoms with Crippen LogP contribution in [0.1, 0.15) is 32.8 Å². The highest BCUT2D eigenvalue weighted by molar-refractivity contribution is 9.10. The van der Waals surface area contributed by atoms with E-state index >= 15 is 0 Å². The van der Waals surface area contributed by atoms with Gasteiger partial charge in [0.15, 0.2) is 0 Å². The van der Waals surface area contributed by atoms with Crippen molar-refractivity contribution in [2.75, 3.05) is 17.1 Å². The number of nitrogens with zero attached hydrogens (tertiary/aromatic N) is 2. The smallest absolute Gasteiger partial charge is 0.244 e. The van der Waals surface area contributed by atoms with E-state index in [9.17, 15) is 18.0 Å². The maximum Gasteiger partial charge on any atom is 0.244 e. The molecule has 0 fully saturated rings. The Bertz CT molecular complexity index is 1130. The van der Waals surface area contributed by atoms with Gasteiger partial charge in [-0.3, -0.25) is 13.9 Å². The fourth-order valence-corrected chi connectivity index (χ4v) is 4.68. The van der Waals surface area contributed by atoms with E-state index in [2.05, 4.69) is 21.2 Å². The molecule has 0 aliphatic rings. The van der Waals surface area contributed by atoms with Gasteiger partial charge in [0, 0.05) is 17.1 Å². The Balaban J connectivity index is 2.42. The monoisotopic (exact) mass is 591 g/mol. The summed E-state index contributed by atoms with van der Waals surface area (Å²) in [6.45, 7) is 5.00. The first-order chi connectivity index (χ1) is 15.8. The Labute approximate surface area is 219 Å². The Morgan fingerprint density at radius 3 is 2.26 bits per heavy atom. The topological polar surface area (TPSA) is 86.8 Å². The molecule has 1 N–H and O–H groups in total. The number of amides is 2. The molecule has 0 radical (unpaired) electrons. The summed E-state index contributed by atoms with van der Waals surface area (Å²) in [7, 11) is -3.90. The van der Waals surface area contributed by atoms with Crippen LogP contribution in [0.3, 0.4) is 0 Å². The van der Waals surface area contributed by atoms with Gasteiger partial charge in [-0.05, 0) is 50.1 Å². The largest absolute Gasteiger partial charge is 0.352 e. The van der Waals surface area contributed by atoms with Crippen LogP contribution in [-0.4, -0.2) is 50.0 Å². The van der Waals surface area contributed by atoms with Crippen molar-refractivity contribution in [1.29, 1.82) is 0 Å². The van der Waals surface area contributed by atoms with Crippen molar-refractivity contribution in [1.82, 2.24) is 10.2 Å². The Hall–Kier alpha value is -1.81. The molecule has 2 amide bonds. The van der Waals surface area contributed by atoms with E-state index in [0.29, 0.717) is 0 Å². The van der Waals surface area contributed by atoms with E-state index < -0.39 is 28.5 Å². The second-order valence-electron chi connectivity index (χ2n) is 7.98. The van der Waals surface area contributed by atoms with Crippen LogP contribution in [0.4, 0.5) is 5.69 Å². The van der Waals surface area contributed by atoms with Gasteiger partial charge in [0.1, 0.15) is 12.6 Å². The third-order valence-corrected chi connectivity index (χ3v) is 7.78. The van der Waals surface area contributed by atoms with Crippen LogP contribution in [0.2, 0.25) is 10.0 Å². The Kier molecular flexibility index (Phi) is 10.2. The number of sulfonamides is 1.